The Morgan fingerprint density at radius 1 is 1.18 bits per heavy atom. The van der Waals surface area contributed by atoms with Crippen molar-refractivity contribution in [1.82, 2.24) is 19.9 Å². The van der Waals surface area contributed by atoms with Gasteiger partial charge in [0.1, 0.15) is 5.69 Å². The number of piperidine rings is 1. The Morgan fingerprint density at radius 3 is 2.58 bits per heavy atom. The average molecular weight is 483 g/mol. The van der Waals surface area contributed by atoms with E-state index in [0.717, 1.165) is 35.9 Å². The number of hydrogen-bond donors (Lipinski definition) is 1. The number of amides is 1. The molecule has 1 fully saturated rings. The van der Waals surface area contributed by atoms with Crippen LogP contribution in [-0.2, 0) is 12.7 Å². The van der Waals surface area contributed by atoms with Gasteiger partial charge in [0, 0.05) is 30.9 Å². The van der Waals surface area contributed by atoms with Gasteiger partial charge in [-0.15, -0.1) is 10.2 Å². The molecule has 3 heterocycles. The van der Waals surface area contributed by atoms with Crippen molar-refractivity contribution < 1.29 is 22.9 Å². The molecule has 2 aromatic heterocycles. The molecule has 0 bridgehead atoms. The number of carbonyl (C=O) groups excluding carboxylic acids is 1. The first-order valence-electron chi connectivity index (χ1n) is 10.1. The summed E-state index contributed by atoms with van der Waals surface area (Å²) in [5.41, 5.74) is -0.662. The molecule has 1 aliphatic rings. The molecule has 1 N–H and O–H groups in total. The fourth-order valence-electron chi connectivity index (χ4n) is 3.75. The lowest BCUT2D eigenvalue weighted by Gasteiger charge is -2.28. The van der Waals surface area contributed by atoms with Gasteiger partial charge in [-0.05, 0) is 37.5 Å². The fourth-order valence-corrected chi connectivity index (χ4v) is 4.00. The molecule has 1 aliphatic heterocycles. The Balaban J connectivity index is 1.55. The third kappa shape index (κ3) is 4.70. The highest BCUT2D eigenvalue weighted by molar-refractivity contribution is 6.33. The van der Waals surface area contributed by atoms with E-state index in [4.69, 9.17) is 11.6 Å². The number of halogens is 4. The summed E-state index contributed by atoms with van der Waals surface area (Å²) in [6.07, 6.45) is -0.895. The molecule has 0 saturated carbocycles. The van der Waals surface area contributed by atoms with E-state index < -0.39 is 22.6 Å². The van der Waals surface area contributed by atoms with Gasteiger partial charge in [0.25, 0.3) is 11.6 Å². The number of alkyl halides is 3. The minimum absolute atomic E-state index is 0.00966. The van der Waals surface area contributed by atoms with Crippen LogP contribution in [0.2, 0.25) is 5.02 Å². The highest BCUT2D eigenvalue weighted by atomic mass is 35.5. The van der Waals surface area contributed by atoms with E-state index in [9.17, 15) is 28.1 Å². The Bertz CT molecular complexity index is 1220. The van der Waals surface area contributed by atoms with Crippen molar-refractivity contribution in [2.45, 2.75) is 32.0 Å². The monoisotopic (exact) mass is 482 g/mol. The highest BCUT2D eigenvalue weighted by Gasteiger charge is 2.32. The fraction of sp³-hybridized carbons (Fsp3) is 0.350. The Kier molecular flexibility index (Phi) is 6.11. The molecule has 0 radical (unpaired) electrons. The largest absolute Gasteiger partial charge is 0.417 e. The van der Waals surface area contributed by atoms with Gasteiger partial charge in [-0.1, -0.05) is 11.6 Å². The molecule has 0 atom stereocenters. The normalized spacial score (nSPS) is 14.5. The lowest BCUT2D eigenvalue weighted by atomic mass is 10.1. The number of aromatic nitrogens is 3. The molecule has 3 aromatic rings. The van der Waals surface area contributed by atoms with Gasteiger partial charge in [0.05, 0.1) is 22.1 Å². The van der Waals surface area contributed by atoms with Gasteiger partial charge in [-0.2, -0.15) is 13.2 Å². The van der Waals surface area contributed by atoms with Gasteiger partial charge in [0.2, 0.25) is 0 Å². The van der Waals surface area contributed by atoms with Gasteiger partial charge >= 0.3 is 6.18 Å². The summed E-state index contributed by atoms with van der Waals surface area (Å²) in [6, 6.07) is 4.96. The average Bonchev–Trinajstić information content (AvgIpc) is 3.20. The maximum absolute atomic E-state index is 13.1. The molecule has 9 nitrogen and oxygen atoms in total. The second-order valence-electron chi connectivity index (χ2n) is 7.58. The number of nitrogens with one attached hydrogen (secondary N) is 1. The van der Waals surface area contributed by atoms with E-state index in [-0.39, 0.29) is 34.3 Å². The molecule has 0 spiro atoms. The van der Waals surface area contributed by atoms with Gasteiger partial charge in [-0.3, -0.25) is 19.3 Å². The lowest BCUT2D eigenvalue weighted by Crippen LogP contribution is -2.30. The number of carbonyl (C=O) groups is 1. The Hall–Kier alpha value is -3.41. The number of anilines is 1. The van der Waals surface area contributed by atoms with Crippen LogP contribution in [0.5, 0.6) is 0 Å². The van der Waals surface area contributed by atoms with Gasteiger partial charge in [-0.25, -0.2) is 0 Å². The molecule has 33 heavy (non-hydrogen) atoms. The molecule has 1 amide bonds. The maximum Gasteiger partial charge on any atom is 0.417 e. The summed E-state index contributed by atoms with van der Waals surface area (Å²) in [5, 5.41) is 21.4. The van der Waals surface area contributed by atoms with Crippen molar-refractivity contribution in [2.24, 2.45) is 0 Å². The standard InChI is InChI=1S/C20H18ClF3N6O3/c21-14-9-13(20(22,23)24)11-29-17(26-27-18(14)29)10-25-19(31)12-4-5-15(16(8-12)30(32)33)28-6-2-1-3-7-28/h4-5,8-9,11H,1-3,6-7,10H2,(H,25,31). The van der Waals surface area contributed by atoms with Gasteiger partial charge < -0.3 is 10.2 Å². The van der Waals surface area contributed by atoms with Crippen LogP contribution in [-0.4, -0.2) is 38.5 Å². The first kappa shape index (κ1) is 22.8. The van der Waals surface area contributed by atoms with Crippen molar-refractivity contribution in [3.05, 3.63) is 62.6 Å². The van der Waals surface area contributed by atoms with Crippen LogP contribution in [0, 0.1) is 10.1 Å². The van der Waals surface area contributed by atoms with E-state index in [0.29, 0.717) is 18.8 Å². The second-order valence-corrected chi connectivity index (χ2v) is 7.98. The molecule has 4 rings (SSSR count). The highest BCUT2D eigenvalue weighted by Crippen LogP contribution is 2.33. The molecule has 1 saturated heterocycles. The molecular formula is C20H18ClF3N6O3. The summed E-state index contributed by atoms with van der Waals surface area (Å²) >= 11 is 5.89. The summed E-state index contributed by atoms with van der Waals surface area (Å²) in [6.45, 7) is 1.14. The first-order valence-corrected chi connectivity index (χ1v) is 10.4. The minimum Gasteiger partial charge on any atom is -0.366 e. The minimum atomic E-state index is -4.63. The zero-order chi connectivity index (χ0) is 23.8. The predicted octanol–water partition coefficient (Wildman–Crippen LogP) is 4.23. The van der Waals surface area contributed by atoms with Crippen molar-refractivity contribution in [2.75, 3.05) is 18.0 Å². The van der Waals surface area contributed by atoms with Crippen molar-refractivity contribution >= 4 is 34.5 Å². The molecular weight excluding hydrogens is 465 g/mol. The molecule has 13 heteroatoms. The van der Waals surface area contributed by atoms with Crippen LogP contribution in [0.3, 0.4) is 0 Å². The summed E-state index contributed by atoms with van der Waals surface area (Å²) in [5.74, 6) is -0.621. The second kappa shape index (κ2) is 8.85. The van der Waals surface area contributed by atoms with E-state index in [2.05, 4.69) is 15.5 Å². The topological polar surface area (TPSA) is 106 Å². The first-order chi connectivity index (χ1) is 15.6. The molecule has 0 unspecified atom stereocenters. The number of pyridine rings is 1. The number of rotatable bonds is 5. The number of nitro groups is 1. The van der Waals surface area contributed by atoms with E-state index in [1.807, 2.05) is 4.90 Å². The van der Waals surface area contributed by atoms with Crippen LogP contribution in [0.25, 0.3) is 5.65 Å². The number of nitro benzene ring substituents is 1. The third-order valence-corrected chi connectivity index (χ3v) is 5.67. The van der Waals surface area contributed by atoms with Crippen LogP contribution >= 0.6 is 11.6 Å². The summed E-state index contributed by atoms with van der Waals surface area (Å²) in [4.78, 5) is 25.6. The van der Waals surface area contributed by atoms with E-state index >= 15 is 0 Å². The van der Waals surface area contributed by atoms with Crippen LogP contribution in [0.4, 0.5) is 24.5 Å². The number of hydrogen-bond acceptors (Lipinski definition) is 6. The Morgan fingerprint density at radius 2 is 1.91 bits per heavy atom. The third-order valence-electron chi connectivity index (χ3n) is 5.40. The molecule has 1 aromatic carbocycles. The van der Waals surface area contributed by atoms with Crippen molar-refractivity contribution in [3.8, 4) is 0 Å². The molecule has 174 valence electrons. The summed E-state index contributed by atoms with van der Waals surface area (Å²) < 4.78 is 40.3. The van der Waals surface area contributed by atoms with Crippen molar-refractivity contribution in [3.63, 3.8) is 0 Å². The SMILES string of the molecule is O=C(NCc1nnc2c(Cl)cc(C(F)(F)F)cn12)c1ccc(N2CCCCC2)c([N+](=O)[O-])c1. The van der Waals surface area contributed by atoms with Gasteiger partial charge in [0.15, 0.2) is 11.5 Å². The number of fused-ring (bicyclic) bond motifs is 1. The number of benzene rings is 1. The predicted molar refractivity (Wildman–Crippen MR) is 113 cm³/mol. The zero-order valence-electron chi connectivity index (χ0n) is 17.1. The number of nitrogens with zero attached hydrogens (tertiary/aromatic N) is 5. The van der Waals surface area contributed by atoms with Crippen LogP contribution in [0.1, 0.15) is 41.0 Å². The van der Waals surface area contributed by atoms with Crippen molar-refractivity contribution in [1.29, 1.82) is 0 Å². The smallest absolute Gasteiger partial charge is 0.366 e. The Labute approximate surface area is 190 Å². The summed E-state index contributed by atoms with van der Waals surface area (Å²) in [7, 11) is 0. The van der Waals surface area contributed by atoms with Crippen LogP contribution < -0.4 is 10.2 Å². The zero-order valence-corrected chi connectivity index (χ0v) is 17.9. The van der Waals surface area contributed by atoms with Crippen LogP contribution in [0.15, 0.2) is 30.5 Å². The maximum atomic E-state index is 13.1. The molecule has 0 aliphatic carbocycles. The lowest BCUT2D eigenvalue weighted by molar-refractivity contribution is -0.384. The van der Waals surface area contributed by atoms with E-state index in [1.165, 1.54) is 12.1 Å². The van der Waals surface area contributed by atoms with E-state index in [1.54, 1.807) is 6.07 Å². The quantitative estimate of drug-likeness (QED) is 0.431.